The number of hydrogen-bond acceptors (Lipinski definition) is 4. The molecule has 90 valence electrons. The highest BCUT2D eigenvalue weighted by Gasteiger charge is 2.23. The number of hydrogen-bond donors (Lipinski definition) is 4. The van der Waals surface area contributed by atoms with Gasteiger partial charge in [-0.1, -0.05) is 11.6 Å². The maximum atomic E-state index is 13.0. The largest absolute Gasteiger partial charge is 0.506 e. The Labute approximate surface area is 96.5 Å². The first kappa shape index (κ1) is 13.2. The van der Waals surface area contributed by atoms with Crippen molar-refractivity contribution < 1.29 is 24.8 Å². The first-order valence-electron chi connectivity index (χ1n) is 4.62. The van der Waals surface area contributed by atoms with Gasteiger partial charge in [-0.15, -0.1) is 0 Å². The van der Waals surface area contributed by atoms with E-state index in [1.807, 2.05) is 0 Å². The summed E-state index contributed by atoms with van der Waals surface area (Å²) in [6, 6.07) is 1.78. The summed E-state index contributed by atoms with van der Waals surface area (Å²) in [6.45, 7) is -0.331. The summed E-state index contributed by atoms with van der Waals surface area (Å²) in [5.41, 5.74) is -0.203. The highest BCUT2D eigenvalue weighted by Crippen LogP contribution is 2.34. The zero-order chi connectivity index (χ0) is 12.3. The molecule has 0 saturated heterocycles. The third-order valence-corrected chi connectivity index (χ3v) is 2.45. The Morgan fingerprint density at radius 3 is 2.50 bits per heavy atom. The lowest BCUT2D eigenvalue weighted by Crippen LogP contribution is -2.19. The van der Waals surface area contributed by atoms with Crippen LogP contribution in [-0.4, -0.2) is 33.1 Å². The van der Waals surface area contributed by atoms with Crippen molar-refractivity contribution in [3.63, 3.8) is 0 Å². The van der Waals surface area contributed by atoms with Crippen LogP contribution in [0.15, 0.2) is 12.1 Å². The molecule has 2 unspecified atom stereocenters. The van der Waals surface area contributed by atoms with Crippen molar-refractivity contribution in [1.29, 1.82) is 0 Å². The molecule has 1 aromatic carbocycles. The topological polar surface area (TPSA) is 80.9 Å². The number of aliphatic hydroxyl groups is 3. The van der Waals surface area contributed by atoms with Gasteiger partial charge in [-0.25, -0.2) is 4.39 Å². The fraction of sp³-hybridized carbons (Fsp3) is 0.400. The number of benzene rings is 1. The average molecular weight is 251 g/mol. The summed E-state index contributed by atoms with van der Waals surface area (Å²) >= 11 is 5.51. The fourth-order valence-electron chi connectivity index (χ4n) is 1.31. The van der Waals surface area contributed by atoms with Crippen LogP contribution in [0.4, 0.5) is 4.39 Å². The van der Waals surface area contributed by atoms with Gasteiger partial charge in [0.05, 0.1) is 11.1 Å². The number of halogens is 2. The molecule has 16 heavy (non-hydrogen) atoms. The molecular formula is C10H12ClFO4. The quantitative estimate of drug-likeness (QED) is 0.642. The molecule has 0 heterocycles. The molecule has 0 radical (unpaired) electrons. The second-order valence-electron chi connectivity index (χ2n) is 3.35. The van der Waals surface area contributed by atoms with Crippen molar-refractivity contribution in [2.24, 2.45) is 0 Å². The summed E-state index contributed by atoms with van der Waals surface area (Å²) in [6.07, 6.45) is -2.89. The molecule has 0 fully saturated rings. The Bertz CT molecular complexity index is 372. The van der Waals surface area contributed by atoms with Crippen LogP contribution in [0.2, 0.25) is 5.02 Å². The molecular weight excluding hydrogens is 239 g/mol. The van der Waals surface area contributed by atoms with Crippen LogP contribution in [0, 0.1) is 5.82 Å². The van der Waals surface area contributed by atoms with E-state index in [9.17, 15) is 19.7 Å². The number of aromatic hydroxyl groups is 1. The zero-order valence-electron chi connectivity index (χ0n) is 8.27. The lowest BCUT2D eigenvalue weighted by atomic mass is 10.0. The van der Waals surface area contributed by atoms with Crippen molar-refractivity contribution in [1.82, 2.24) is 0 Å². The van der Waals surface area contributed by atoms with Crippen LogP contribution in [0.1, 0.15) is 18.1 Å². The predicted octanol–water partition coefficient (Wildman–Crippen LogP) is 0.961. The lowest BCUT2D eigenvalue weighted by Gasteiger charge is -2.18. The van der Waals surface area contributed by atoms with Crippen LogP contribution < -0.4 is 0 Å². The van der Waals surface area contributed by atoms with E-state index in [0.29, 0.717) is 0 Å². The number of phenolic OH excluding ortho intramolecular Hbond substituents is 1. The van der Waals surface area contributed by atoms with E-state index >= 15 is 0 Å². The van der Waals surface area contributed by atoms with Gasteiger partial charge < -0.3 is 20.4 Å². The third kappa shape index (κ3) is 2.82. The summed E-state index contributed by atoms with van der Waals surface area (Å²) < 4.78 is 13.0. The second kappa shape index (κ2) is 5.45. The van der Waals surface area contributed by atoms with Crippen molar-refractivity contribution in [3.8, 4) is 5.75 Å². The summed E-state index contributed by atoms with van der Waals surface area (Å²) in [5, 5.41) is 36.8. The van der Waals surface area contributed by atoms with E-state index in [0.717, 1.165) is 12.1 Å². The minimum absolute atomic E-state index is 0.0886. The van der Waals surface area contributed by atoms with E-state index in [2.05, 4.69) is 0 Å². The Kier molecular flexibility index (Phi) is 4.49. The van der Waals surface area contributed by atoms with Crippen LogP contribution in [0.5, 0.6) is 5.75 Å². The first-order valence-corrected chi connectivity index (χ1v) is 5.00. The Hall–Kier alpha value is -0.880. The van der Waals surface area contributed by atoms with E-state index in [-0.39, 0.29) is 23.6 Å². The number of rotatable bonds is 4. The highest BCUT2D eigenvalue weighted by atomic mass is 35.5. The molecule has 6 heteroatoms. The van der Waals surface area contributed by atoms with Gasteiger partial charge >= 0.3 is 0 Å². The Morgan fingerprint density at radius 1 is 1.31 bits per heavy atom. The van der Waals surface area contributed by atoms with Gasteiger partial charge in [0, 0.05) is 12.2 Å². The van der Waals surface area contributed by atoms with Gasteiger partial charge in [0.2, 0.25) is 0 Å². The van der Waals surface area contributed by atoms with Crippen molar-refractivity contribution in [3.05, 3.63) is 28.5 Å². The monoisotopic (exact) mass is 250 g/mol. The normalized spacial score (nSPS) is 14.8. The van der Waals surface area contributed by atoms with Gasteiger partial charge in [0.1, 0.15) is 17.7 Å². The minimum atomic E-state index is -1.50. The van der Waals surface area contributed by atoms with Crippen LogP contribution in [-0.2, 0) is 0 Å². The predicted molar refractivity (Wildman–Crippen MR) is 55.7 cm³/mol. The van der Waals surface area contributed by atoms with Gasteiger partial charge in [-0.05, 0) is 18.6 Å². The van der Waals surface area contributed by atoms with E-state index < -0.39 is 23.8 Å². The molecule has 2 atom stereocenters. The zero-order valence-corrected chi connectivity index (χ0v) is 9.02. The first-order chi connectivity index (χ1) is 7.47. The molecule has 0 aromatic heterocycles. The molecule has 0 aliphatic heterocycles. The van der Waals surface area contributed by atoms with E-state index in [4.69, 9.17) is 16.7 Å². The summed E-state index contributed by atoms with van der Waals surface area (Å²) in [4.78, 5) is 0. The molecule has 1 rings (SSSR count). The van der Waals surface area contributed by atoms with Crippen molar-refractivity contribution in [2.75, 3.05) is 6.61 Å². The maximum Gasteiger partial charge on any atom is 0.140 e. The number of aliphatic hydroxyl groups excluding tert-OH is 3. The molecule has 0 bridgehead atoms. The average Bonchev–Trinajstić information content (AvgIpc) is 2.22. The van der Waals surface area contributed by atoms with Crippen LogP contribution >= 0.6 is 11.6 Å². The SMILES string of the molecule is OCCC(O)C(O)c1cc(F)cc(Cl)c1O. The van der Waals surface area contributed by atoms with E-state index in [1.165, 1.54) is 0 Å². The third-order valence-electron chi connectivity index (χ3n) is 2.17. The highest BCUT2D eigenvalue weighted by molar-refractivity contribution is 6.32. The van der Waals surface area contributed by atoms with Crippen molar-refractivity contribution >= 4 is 11.6 Å². The second-order valence-corrected chi connectivity index (χ2v) is 3.76. The Balaban J connectivity index is 3.03. The summed E-state index contributed by atoms with van der Waals surface area (Å²) in [5.74, 6) is -1.21. The summed E-state index contributed by atoms with van der Waals surface area (Å²) in [7, 11) is 0. The lowest BCUT2D eigenvalue weighted by molar-refractivity contribution is 0.00291. The molecule has 0 saturated carbocycles. The molecule has 0 amide bonds. The molecule has 4 nitrogen and oxygen atoms in total. The van der Waals surface area contributed by atoms with Crippen LogP contribution in [0.25, 0.3) is 0 Å². The minimum Gasteiger partial charge on any atom is -0.506 e. The molecule has 1 aromatic rings. The van der Waals surface area contributed by atoms with E-state index in [1.54, 1.807) is 0 Å². The van der Waals surface area contributed by atoms with Gasteiger partial charge in [0.25, 0.3) is 0 Å². The Morgan fingerprint density at radius 2 is 1.94 bits per heavy atom. The maximum absolute atomic E-state index is 13.0. The molecule has 0 aliphatic rings. The van der Waals surface area contributed by atoms with Gasteiger partial charge in [-0.2, -0.15) is 0 Å². The standard InChI is InChI=1S/C10H12ClFO4/c11-7-4-5(12)3-6(9(7)15)10(16)8(14)1-2-13/h3-4,8,10,13-16H,1-2H2. The van der Waals surface area contributed by atoms with Crippen molar-refractivity contribution in [2.45, 2.75) is 18.6 Å². The van der Waals surface area contributed by atoms with Gasteiger partial charge in [-0.3, -0.25) is 0 Å². The number of phenols is 1. The van der Waals surface area contributed by atoms with Crippen LogP contribution in [0.3, 0.4) is 0 Å². The molecule has 0 aliphatic carbocycles. The van der Waals surface area contributed by atoms with Gasteiger partial charge in [0.15, 0.2) is 0 Å². The smallest absolute Gasteiger partial charge is 0.140 e. The fourth-order valence-corrected chi connectivity index (χ4v) is 1.52. The molecule has 0 spiro atoms. The molecule has 4 N–H and O–H groups in total.